The van der Waals surface area contributed by atoms with Crippen LogP contribution in [0.5, 0.6) is 0 Å². The smallest absolute Gasteiger partial charge is 0.156 e. The van der Waals surface area contributed by atoms with Crippen molar-refractivity contribution < 1.29 is 14.7 Å². The highest BCUT2D eigenvalue weighted by Crippen LogP contribution is 2.11. The Morgan fingerprint density at radius 3 is 2.88 bits per heavy atom. The van der Waals surface area contributed by atoms with Gasteiger partial charge in [-0.3, -0.25) is 0 Å². The number of ether oxygens (including phenoxy) is 1. The molecule has 1 heterocycles. The maximum atomic E-state index is 8.84. The molecule has 0 aliphatic carbocycles. The predicted octanol–water partition coefficient (Wildman–Crippen LogP) is 1.34. The topological polar surface area (TPSA) is 51.1 Å². The molecule has 4 heteroatoms. The maximum absolute atomic E-state index is 8.84. The minimum atomic E-state index is -0.0501. The predicted molar refractivity (Wildman–Crippen MR) is 60.1 cm³/mol. The van der Waals surface area contributed by atoms with Gasteiger partial charge in [0, 0.05) is 6.42 Å². The number of aliphatic hydroxyl groups excluding tert-OH is 1. The average Bonchev–Trinajstić information content (AvgIpc) is 2.78. The van der Waals surface area contributed by atoms with E-state index in [4.69, 9.17) is 14.7 Å². The molecular formula is C12H15NO3. The second-order valence-electron chi connectivity index (χ2n) is 3.75. The molecule has 0 saturated heterocycles. The van der Waals surface area contributed by atoms with E-state index < -0.39 is 0 Å². The number of nitrogens with zero attached hydrogens (tertiary/aromatic N) is 1. The molecule has 2 rings (SSSR count). The molecule has 1 aromatic rings. The van der Waals surface area contributed by atoms with Gasteiger partial charge in [-0.25, -0.2) is 0 Å². The molecule has 0 bridgehead atoms. The van der Waals surface area contributed by atoms with E-state index in [0.29, 0.717) is 25.3 Å². The highest BCUT2D eigenvalue weighted by atomic mass is 16.7. The molecule has 0 spiro atoms. The highest BCUT2D eigenvalue weighted by molar-refractivity contribution is 5.86. The summed E-state index contributed by atoms with van der Waals surface area (Å²) in [7, 11) is 0. The van der Waals surface area contributed by atoms with Crippen molar-refractivity contribution in [2.75, 3.05) is 13.2 Å². The Bertz CT molecular complexity index is 351. The number of benzene rings is 1. The molecule has 1 atom stereocenters. The number of oxime groups is 1. The summed E-state index contributed by atoms with van der Waals surface area (Å²) in [4.78, 5) is 5.10. The molecule has 0 fully saturated rings. The van der Waals surface area contributed by atoms with Crippen molar-refractivity contribution in [1.82, 2.24) is 0 Å². The molecule has 1 aromatic carbocycles. The quantitative estimate of drug-likeness (QED) is 0.816. The minimum Gasteiger partial charge on any atom is -0.390 e. The third kappa shape index (κ3) is 3.05. The SMILES string of the molecule is OCC1=NOC(COCc2ccccc2)C1. The van der Waals surface area contributed by atoms with Gasteiger partial charge in [-0.05, 0) is 5.56 Å². The number of rotatable bonds is 5. The van der Waals surface area contributed by atoms with Crippen molar-refractivity contribution in [2.45, 2.75) is 19.1 Å². The van der Waals surface area contributed by atoms with Gasteiger partial charge in [0.05, 0.1) is 25.5 Å². The Hall–Kier alpha value is -1.39. The molecule has 0 saturated carbocycles. The van der Waals surface area contributed by atoms with Gasteiger partial charge < -0.3 is 14.7 Å². The average molecular weight is 221 g/mol. The van der Waals surface area contributed by atoms with Gasteiger partial charge in [0.15, 0.2) is 6.10 Å². The first-order valence-electron chi connectivity index (χ1n) is 5.32. The zero-order chi connectivity index (χ0) is 11.2. The largest absolute Gasteiger partial charge is 0.390 e. The normalized spacial score (nSPS) is 19.3. The molecule has 0 aromatic heterocycles. The van der Waals surface area contributed by atoms with Gasteiger partial charge >= 0.3 is 0 Å². The maximum Gasteiger partial charge on any atom is 0.156 e. The molecule has 0 radical (unpaired) electrons. The molecule has 16 heavy (non-hydrogen) atoms. The third-order valence-electron chi connectivity index (χ3n) is 2.39. The Kier molecular flexibility index (Phi) is 3.91. The van der Waals surface area contributed by atoms with Crippen LogP contribution in [0.4, 0.5) is 0 Å². The van der Waals surface area contributed by atoms with Crippen molar-refractivity contribution in [3.63, 3.8) is 0 Å². The molecule has 4 nitrogen and oxygen atoms in total. The van der Waals surface area contributed by atoms with Crippen LogP contribution >= 0.6 is 0 Å². The van der Waals surface area contributed by atoms with Gasteiger partial charge in [-0.2, -0.15) is 0 Å². The summed E-state index contributed by atoms with van der Waals surface area (Å²) < 4.78 is 5.52. The lowest BCUT2D eigenvalue weighted by Crippen LogP contribution is -2.16. The third-order valence-corrected chi connectivity index (χ3v) is 2.39. The van der Waals surface area contributed by atoms with Gasteiger partial charge in [0.25, 0.3) is 0 Å². The highest BCUT2D eigenvalue weighted by Gasteiger charge is 2.20. The van der Waals surface area contributed by atoms with E-state index in [1.165, 1.54) is 0 Å². The van der Waals surface area contributed by atoms with Crippen LogP contribution in [0.25, 0.3) is 0 Å². The van der Waals surface area contributed by atoms with E-state index in [9.17, 15) is 0 Å². The van der Waals surface area contributed by atoms with E-state index in [2.05, 4.69) is 5.16 Å². The number of aliphatic hydroxyl groups is 1. The first-order chi connectivity index (χ1) is 7.88. The zero-order valence-electron chi connectivity index (χ0n) is 9.00. The Morgan fingerprint density at radius 2 is 2.19 bits per heavy atom. The van der Waals surface area contributed by atoms with E-state index in [1.54, 1.807) is 0 Å². The summed E-state index contributed by atoms with van der Waals surface area (Å²) in [6.45, 7) is 1.05. The number of hydrogen-bond acceptors (Lipinski definition) is 4. The molecule has 1 unspecified atom stereocenters. The van der Waals surface area contributed by atoms with Crippen LogP contribution in [0.1, 0.15) is 12.0 Å². The van der Waals surface area contributed by atoms with Gasteiger partial charge in [-0.15, -0.1) is 0 Å². The molecule has 1 aliphatic heterocycles. The fraction of sp³-hybridized carbons (Fsp3) is 0.417. The molecule has 86 valence electrons. The summed E-state index contributed by atoms with van der Waals surface area (Å²) in [5.74, 6) is 0. The van der Waals surface area contributed by atoms with Crippen molar-refractivity contribution in [3.05, 3.63) is 35.9 Å². The summed E-state index contributed by atoms with van der Waals surface area (Å²) in [6.07, 6.45) is 0.608. The van der Waals surface area contributed by atoms with E-state index >= 15 is 0 Å². The van der Waals surface area contributed by atoms with Crippen LogP contribution in [0.15, 0.2) is 35.5 Å². The van der Waals surface area contributed by atoms with Crippen LogP contribution in [-0.2, 0) is 16.2 Å². The molecule has 0 amide bonds. The molecule has 1 N–H and O–H groups in total. The fourth-order valence-electron chi connectivity index (χ4n) is 1.55. The van der Waals surface area contributed by atoms with Crippen molar-refractivity contribution in [2.24, 2.45) is 5.16 Å². The molecule has 1 aliphatic rings. The van der Waals surface area contributed by atoms with Crippen LogP contribution in [-0.4, -0.2) is 30.1 Å². The van der Waals surface area contributed by atoms with E-state index in [-0.39, 0.29) is 12.7 Å². The van der Waals surface area contributed by atoms with Gasteiger partial charge in [0.1, 0.15) is 0 Å². The van der Waals surface area contributed by atoms with Crippen LogP contribution < -0.4 is 0 Å². The minimum absolute atomic E-state index is 0.0326. The van der Waals surface area contributed by atoms with E-state index in [1.807, 2.05) is 30.3 Å². The monoisotopic (exact) mass is 221 g/mol. The standard InChI is InChI=1S/C12H15NO3/c14-7-11-6-12(16-13-11)9-15-8-10-4-2-1-3-5-10/h1-5,12,14H,6-9H2. The van der Waals surface area contributed by atoms with Crippen LogP contribution in [0.2, 0.25) is 0 Å². The Labute approximate surface area is 94.5 Å². The summed E-state index contributed by atoms with van der Waals surface area (Å²) in [5.41, 5.74) is 1.83. The van der Waals surface area contributed by atoms with E-state index in [0.717, 1.165) is 5.56 Å². The van der Waals surface area contributed by atoms with Crippen LogP contribution in [0, 0.1) is 0 Å². The lowest BCUT2D eigenvalue weighted by molar-refractivity contribution is -0.00305. The van der Waals surface area contributed by atoms with Crippen molar-refractivity contribution in [1.29, 1.82) is 0 Å². The summed E-state index contributed by atoms with van der Waals surface area (Å²) in [5, 5.41) is 12.6. The van der Waals surface area contributed by atoms with Crippen LogP contribution in [0.3, 0.4) is 0 Å². The second kappa shape index (κ2) is 5.63. The lowest BCUT2D eigenvalue weighted by atomic mass is 10.2. The Balaban J connectivity index is 1.66. The molecular weight excluding hydrogens is 206 g/mol. The zero-order valence-corrected chi connectivity index (χ0v) is 9.00. The first-order valence-corrected chi connectivity index (χ1v) is 5.32. The Morgan fingerprint density at radius 1 is 1.38 bits per heavy atom. The summed E-state index contributed by atoms with van der Waals surface area (Å²) >= 11 is 0. The van der Waals surface area contributed by atoms with Crippen molar-refractivity contribution in [3.8, 4) is 0 Å². The van der Waals surface area contributed by atoms with Crippen molar-refractivity contribution >= 4 is 5.71 Å². The first kappa shape index (κ1) is 11.1. The van der Waals surface area contributed by atoms with Gasteiger partial charge in [-0.1, -0.05) is 35.5 Å². The van der Waals surface area contributed by atoms with Gasteiger partial charge in [0.2, 0.25) is 0 Å². The second-order valence-corrected chi connectivity index (χ2v) is 3.75. The number of hydrogen-bond donors (Lipinski definition) is 1. The summed E-state index contributed by atoms with van der Waals surface area (Å²) in [6, 6.07) is 9.98. The fourth-order valence-corrected chi connectivity index (χ4v) is 1.55. The lowest BCUT2D eigenvalue weighted by Gasteiger charge is -2.08.